The van der Waals surface area contributed by atoms with Crippen molar-refractivity contribution in [3.05, 3.63) is 45.8 Å². The Morgan fingerprint density at radius 2 is 1.71 bits per heavy atom. The quantitative estimate of drug-likeness (QED) is 0.413. The van der Waals surface area contributed by atoms with Gasteiger partial charge in [-0.05, 0) is 43.5 Å². The van der Waals surface area contributed by atoms with Gasteiger partial charge in [-0.2, -0.15) is 0 Å². The van der Waals surface area contributed by atoms with E-state index in [-0.39, 0.29) is 41.9 Å². The highest BCUT2D eigenvalue weighted by molar-refractivity contribution is 7.18. The van der Waals surface area contributed by atoms with Crippen LogP contribution in [0, 0.1) is 6.92 Å². The summed E-state index contributed by atoms with van der Waals surface area (Å²) in [5, 5.41) is 2.86. The largest absolute Gasteiger partial charge is 0.484 e. The van der Waals surface area contributed by atoms with Crippen LogP contribution in [0.25, 0.3) is 0 Å². The normalized spacial score (nSPS) is 10.5. The Kier molecular flexibility index (Phi) is 9.48. The number of aryl methyl sites for hydroxylation is 1. The number of hydrogen-bond acceptors (Lipinski definition) is 8. The van der Waals surface area contributed by atoms with Crippen LogP contribution in [0.15, 0.2) is 24.3 Å². The molecule has 0 saturated carbocycles. The van der Waals surface area contributed by atoms with Gasteiger partial charge in [0.15, 0.2) is 6.61 Å². The lowest BCUT2D eigenvalue weighted by atomic mass is 10.1. The topological polar surface area (TPSA) is 100 Å². The molecule has 0 unspecified atom stereocenters. The zero-order valence-corrected chi connectivity index (χ0v) is 18.9. The Morgan fingerprint density at radius 3 is 2.32 bits per heavy atom. The van der Waals surface area contributed by atoms with Crippen molar-refractivity contribution in [3.8, 4) is 5.75 Å². The van der Waals surface area contributed by atoms with Crippen LogP contribution in [0.3, 0.4) is 0 Å². The summed E-state index contributed by atoms with van der Waals surface area (Å²) < 4.78 is 20.6. The monoisotopic (exact) mass is 449 g/mol. The molecule has 0 aliphatic heterocycles. The summed E-state index contributed by atoms with van der Waals surface area (Å²) >= 11 is 0.958. The van der Waals surface area contributed by atoms with Crippen LogP contribution in [0.4, 0.5) is 5.00 Å². The van der Waals surface area contributed by atoms with Gasteiger partial charge in [0.05, 0.1) is 18.8 Å². The maximum absolute atomic E-state index is 12.4. The molecular formula is C22H27NO7S. The molecule has 0 radical (unpaired) electrons. The van der Waals surface area contributed by atoms with Gasteiger partial charge in [-0.1, -0.05) is 19.1 Å². The first-order valence-corrected chi connectivity index (χ1v) is 10.7. The Balaban J connectivity index is 2.14. The number of esters is 2. The van der Waals surface area contributed by atoms with Crippen LogP contribution < -0.4 is 10.1 Å². The molecule has 0 spiro atoms. The van der Waals surface area contributed by atoms with Gasteiger partial charge in [0.25, 0.3) is 5.91 Å². The fourth-order valence-electron chi connectivity index (χ4n) is 2.66. The van der Waals surface area contributed by atoms with Crippen molar-refractivity contribution in [1.29, 1.82) is 0 Å². The highest BCUT2D eigenvalue weighted by Gasteiger charge is 2.27. The number of carbonyl (C=O) groups excluding carboxylic acids is 3. The molecule has 1 aromatic carbocycles. The molecule has 8 nitrogen and oxygen atoms in total. The summed E-state index contributed by atoms with van der Waals surface area (Å²) in [5.41, 5.74) is 1.68. The minimum atomic E-state index is -0.626. The average Bonchev–Trinajstić information content (AvgIpc) is 3.08. The van der Waals surface area contributed by atoms with Crippen molar-refractivity contribution < 1.29 is 33.3 Å². The van der Waals surface area contributed by atoms with Crippen LogP contribution in [0.2, 0.25) is 0 Å². The van der Waals surface area contributed by atoms with Gasteiger partial charge < -0.3 is 24.3 Å². The predicted molar refractivity (Wildman–Crippen MR) is 117 cm³/mol. The highest BCUT2D eigenvalue weighted by atomic mass is 32.1. The number of anilines is 1. The molecule has 1 aromatic heterocycles. The van der Waals surface area contributed by atoms with Gasteiger partial charge in [0, 0.05) is 7.11 Å². The van der Waals surface area contributed by atoms with Gasteiger partial charge in [-0.15, -0.1) is 11.3 Å². The molecule has 168 valence electrons. The number of amides is 1. The first kappa shape index (κ1) is 24.4. The Morgan fingerprint density at radius 1 is 1.00 bits per heavy atom. The second kappa shape index (κ2) is 12.1. The summed E-state index contributed by atoms with van der Waals surface area (Å²) in [6, 6.07) is 7.44. The summed E-state index contributed by atoms with van der Waals surface area (Å²) in [6.07, 6.45) is 0.908. The van der Waals surface area contributed by atoms with Gasteiger partial charge in [-0.25, -0.2) is 9.59 Å². The zero-order valence-electron chi connectivity index (χ0n) is 18.1. The van der Waals surface area contributed by atoms with E-state index in [0.717, 1.165) is 23.3 Å². The van der Waals surface area contributed by atoms with E-state index >= 15 is 0 Å². The zero-order chi connectivity index (χ0) is 22.8. The molecule has 0 bridgehead atoms. The molecule has 0 fully saturated rings. The number of ether oxygens (including phenoxy) is 4. The molecule has 0 atom stereocenters. The molecule has 0 saturated heterocycles. The van der Waals surface area contributed by atoms with Crippen molar-refractivity contribution >= 4 is 34.2 Å². The smallest absolute Gasteiger partial charge is 0.348 e. The van der Waals surface area contributed by atoms with E-state index < -0.39 is 17.8 Å². The van der Waals surface area contributed by atoms with Crippen LogP contribution in [-0.2, 0) is 25.4 Å². The second-order valence-corrected chi connectivity index (χ2v) is 7.46. The van der Waals surface area contributed by atoms with Crippen LogP contribution in [-0.4, -0.2) is 51.4 Å². The minimum Gasteiger partial charge on any atom is -0.484 e. The van der Waals surface area contributed by atoms with Crippen LogP contribution in [0.1, 0.15) is 45.0 Å². The highest BCUT2D eigenvalue weighted by Crippen LogP contribution is 2.34. The number of nitrogens with one attached hydrogen (secondary N) is 1. The van der Waals surface area contributed by atoms with Gasteiger partial charge >= 0.3 is 11.9 Å². The third-order valence-electron chi connectivity index (χ3n) is 4.29. The van der Waals surface area contributed by atoms with E-state index in [4.69, 9.17) is 18.9 Å². The molecule has 0 aliphatic rings. The molecule has 1 amide bonds. The van der Waals surface area contributed by atoms with E-state index in [2.05, 4.69) is 12.2 Å². The molecule has 1 heterocycles. The SMILES string of the molecule is CCOC(=O)c1c(NC(=O)COc2ccc(CC)cc2)sc(C(=O)OCCOC)c1C. The average molecular weight is 450 g/mol. The van der Waals surface area contributed by atoms with E-state index in [1.165, 1.54) is 7.11 Å². The third-order valence-corrected chi connectivity index (χ3v) is 5.47. The molecule has 2 rings (SSSR count). The molecule has 31 heavy (non-hydrogen) atoms. The van der Waals surface area contributed by atoms with Gasteiger partial charge in [0.2, 0.25) is 0 Å². The van der Waals surface area contributed by atoms with Crippen molar-refractivity contribution in [1.82, 2.24) is 0 Å². The third kappa shape index (κ3) is 6.80. The number of carbonyl (C=O) groups is 3. The van der Waals surface area contributed by atoms with Crippen molar-refractivity contribution in [2.75, 3.05) is 38.9 Å². The summed E-state index contributed by atoms with van der Waals surface area (Å²) in [4.78, 5) is 37.5. The summed E-state index contributed by atoms with van der Waals surface area (Å²) in [5.74, 6) is -1.13. The molecule has 0 aliphatic carbocycles. The second-order valence-electron chi connectivity index (χ2n) is 6.44. The molecule has 2 aromatic rings. The number of hydrogen-bond donors (Lipinski definition) is 1. The lowest BCUT2D eigenvalue weighted by molar-refractivity contribution is -0.118. The molecule has 1 N–H and O–H groups in total. The van der Waals surface area contributed by atoms with Gasteiger partial charge in [-0.3, -0.25) is 4.79 Å². The van der Waals surface area contributed by atoms with Crippen LogP contribution in [0.5, 0.6) is 5.75 Å². The number of thiophene rings is 1. The number of methoxy groups -OCH3 is 1. The summed E-state index contributed by atoms with van der Waals surface area (Å²) in [7, 11) is 1.50. The van der Waals surface area contributed by atoms with E-state index in [1.807, 2.05) is 12.1 Å². The Hall–Kier alpha value is -2.91. The lowest BCUT2D eigenvalue weighted by Crippen LogP contribution is -2.21. The Bertz CT molecular complexity index is 905. The van der Waals surface area contributed by atoms with Crippen molar-refractivity contribution in [3.63, 3.8) is 0 Å². The predicted octanol–water partition coefficient (Wildman–Crippen LogP) is 3.62. The maximum Gasteiger partial charge on any atom is 0.348 e. The fraction of sp³-hybridized carbons (Fsp3) is 0.409. The van der Waals surface area contributed by atoms with Crippen molar-refractivity contribution in [2.24, 2.45) is 0 Å². The minimum absolute atomic E-state index is 0.0771. The first-order valence-electron chi connectivity index (χ1n) is 9.89. The van der Waals surface area contributed by atoms with Gasteiger partial charge in [0.1, 0.15) is 22.2 Å². The molecular weight excluding hydrogens is 422 g/mol. The van der Waals surface area contributed by atoms with E-state index in [9.17, 15) is 14.4 Å². The fourth-order valence-corrected chi connectivity index (χ4v) is 3.77. The van der Waals surface area contributed by atoms with E-state index in [0.29, 0.717) is 11.3 Å². The molecule has 9 heteroatoms. The van der Waals surface area contributed by atoms with E-state index in [1.54, 1.807) is 26.0 Å². The summed E-state index contributed by atoms with van der Waals surface area (Å²) in [6.45, 7) is 5.57. The lowest BCUT2D eigenvalue weighted by Gasteiger charge is -2.09. The number of benzene rings is 1. The first-order chi connectivity index (χ1) is 14.9. The Labute approximate surface area is 185 Å². The number of rotatable bonds is 11. The van der Waals surface area contributed by atoms with Crippen LogP contribution >= 0.6 is 11.3 Å². The van der Waals surface area contributed by atoms with Crippen molar-refractivity contribution in [2.45, 2.75) is 27.2 Å². The standard InChI is InChI=1S/C22H27NO7S/c1-5-15-7-9-16(10-8-15)30-13-17(24)23-20-18(21(25)28-6-2)14(3)19(31-20)22(26)29-12-11-27-4/h7-10H,5-6,11-13H2,1-4H3,(H,23,24). The maximum atomic E-state index is 12.4.